The zero-order valence-electron chi connectivity index (χ0n) is 10.3. The summed E-state index contributed by atoms with van der Waals surface area (Å²) in [5.41, 5.74) is 0.295. The van der Waals surface area contributed by atoms with Crippen LogP contribution in [0.3, 0.4) is 0 Å². The summed E-state index contributed by atoms with van der Waals surface area (Å²) in [6.07, 6.45) is -0.162. The van der Waals surface area contributed by atoms with Crippen molar-refractivity contribution < 1.29 is 19.1 Å². The molecular formula is C12H14ClFN2O3. The number of halogens is 2. The maximum Gasteiger partial charge on any atom is 0.317 e. The predicted molar refractivity (Wildman–Crippen MR) is 68.5 cm³/mol. The topological polar surface area (TPSA) is 69.6 Å². The van der Waals surface area contributed by atoms with Crippen LogP contribution in [0.4, 0.5) is 9.18 Å². The second-order valence-corrected chi connectivity index (χ2v) is 4.40. The van der Waals surface area contributed by atoms with Gasteiger partial charge in [0.2, 0.25) is 0 Å². The molecule has 0 bridgehead atoms. The maximum absolute atomic E-state index is 13.5. The number of hydrogen-bond acceptors (Lipinski definition) is 2. The summed E-state index contributed by atoms with van der Waals surface area (Å²) in [5, 5.41) is 11.2. The fourth-order valence-corrected chi connectivity index (χ4v) is 1.60. The predicted octanol–water partition coefficient (Wildman–Crippen LogP) is 2.10. The number of benzene rings is 1. The van der Waals surface area contributed by atoms with Crippen molar-refractivity contribution in [3.63, 3.8) is 0 Å². The maximum atomic E-state index is 13.5. The van der Waals surface area contributed by atoms with Crippen LogP contribution in [0.2, 0.25) is 5.02 Å². The van der Waals surface area contributed by atoms with E-state index in [-0.39, 0.29) is 19.5 Å². The molecule has 2 N–H and O–H groups in total. The number of carbonyl (C=O) groups excluding carboxylic acids is 1. The molecule has 1 rings (SSSR count). The Morgan fingerprint density at radius 3 is 2.79 bits per heavy atom. The van der Waals surface area contributed by atoms with Crippen molar-refractivity contribution in [3.8, 4) is 0 Å². The first kappa shape index (κ1) is 15.2. The van der Waals surface area contributed by atoms with Crippen LogP contribution >= 0.6 is 11.6 Å². The van der Waals surface area contributed by atoms with E-state index in [9.17, 15) is 14.0 Å². The molecule has 7 heteroatoms. The molecule has 0 aliphatic carbocycles. The fraction of sp³-hybridized carbons (Fsp3) is 0.333. The third kappa shape index (κ3) is 5.13. The molecule has 104 valence electrons. The monoisotopic (exact) mass is 288 g/mol. The highest BCUT2D eigenvalue weighted by Gasteiger charge is 2.12. The minimum atomic E-state index is -0.996. The molecule has 0 aliphatic rings. The van der Waals surface area contributed by atoms with E-state index in [1.165, 1.54) is 30.1 Å². The van der Waals surface area contributed by atoms with Crippen molar-refractivity contribution in [1.29, 1.82) is 0 Å². The second-order valence-electron chi connectivity index (χ2n) is 3.97. The molecule has 0 saturated heterocycles. The first-order valence-corrected chi connectivity index (χ1v) is 5.92. The number of hydrogen-bond donors (Lipinski definition) is 2. The number of nitrogens with zero attached hydrogens (tertiary/aromatic N) is 1. The third-order valence-electron chi connectivity index (χ3n) is 2.38. The van der Waals surface area contributed by atoms with Gasteiger partial charge in [-0.2, -0.15) is 0 Å². The van der Waals surface area contributed by atoms with Gasteiger partial charge in [0.1, 0.15) is 5.82 Å². The Balaban J connectivity index is 2.53. The average Bonchev–Trinajstić information content (AvgIpc) is 2.33. The molecule has 0 atom stereocenters. The standard InChI is InChI=1S/C12H14ClFN2O3/c1-16(12(19)15-5-4-11(17)18)7-8-6-9(13)2-3-10(8)14/h2-3,6H,4-5,7H2,1H3,(H,15,19)(H,17,18). The average molecular weight is 289 g/mol. The fourth-order valence-electron chi connectivity index (χ4n) is 1.40. The van der Waals surface area contributed by atoms with Crippen LogP contribution in [0.25, 0.3) is 0 Å². The van der Waals surface area contributed by atoms with E-state index in [1.54, 1.807) is 0 Å². The number of rotatable bonds is 5. The summed E-state index contributed by atoms with van der Waals surface area (Å²) in [6, 6.07) is 3.62. The highest BCUT2D eigenvalue weighted by Crippen LogP contribution is 2.16. The molecule has 5 nitrogen and oxygen atoms in total. The molecular weight excluding hydrogens is 275 g/mol. The van der Waals surface area contributed by atoms with Crippen molar-refractivity contribution in [2.24, 2.45) is 0 Å². The van der Waals surface area contributed by atoms with Gasteiger partial charge < -0.3 is 15.3 Å². The van der Waals surface area contributed by atoms with Crippen LogP contribution in [0.15, 0.2) is 18.2 Å². The lowest BCUT2D eigenvalue weighted by atomic mass is 10.2. The first-order chi connectivity index (χ1) is 8.90. The summed E-state index contributed by atoms with van der Waals surface area (Å²) in [7, 11) is 1.48. The van der Waals surface area contributed by atoms with Crippen LogP contribution < -0.4 is 5.32 Å². The number of urea groups is 1. The Kier molecular flexibility index (Phi) is 5.57. The number of carboxylic acids is 1. The SMILES string of the molecule is CN(Cc1cc(Cl)ccc1F)C(=O)NCCC(=O)O. The lowest BCUT2D eigenvalue weighted by Gasteiger charge is -2.18. The van der Waals surface area contributed by atoms with E-state index in [0.717, 1.165) is 0 Å². The Hall–Kier alpha value is -1.82. The van der Waals surface area contributed by atoms with Gasteiger partial charge in [0.25, 0.3) is 0 Å². The van der Waals surface area contributed by atoms with E-state index in [4.69, 9.17) is 16.7 Å². The van der Waals surface area contributed by atoms with Gasteiger partial charge in [-0.1, -0.05) is 11.6 Å². The zero-order valence-corrected chi connectivity index (χ0v) is 11.1. The minimum Gasteiger partial charge on any atom is -0.481 e. The van der Waals surface area contributed by atoms with Crippen molar-refractivity contribution in [3.05, 3.63) is 34.6 Å². The normalized spacial score (nSPS) is 10.1. The molecule has 0 unspecified atom stereocenters. The van der Waals surface area contributed by atoms with Gasteiger partial charge in [0, 0.05) is 30.7 Å². The van der Waals surface area contributed by atoms with Crippen LogP contribution in [-0.4, -0.2) is 35.6 Å². The molecule has 0 aliphatic heterocycles. The van der Waals surface area contributed by atoms with Gasteiger partial charge in [-0.3, -0.25) is 4.79 Å². The summed E-state index contributed by atoms with van der Waals surface area (Å²) in [5.74, 6) is -1.45. The Labute approximate surface area is 115 Å². The second kappa shape index (κ2) is 6.94. The largest absolute Gasteiger partial charge is 0.481 e. The summed E-state index contributed by atoms with van der Waals surface area (Å²) in [4.78, 5) is 23.1. The van der Waals surface area contributed by atoms with E-state index in [1.807, 2.05) is 0 Å². The molecule has 0 fully saturated rings. The Bertz CT molecular complexity index is 482. The molecule has 19 heavy (non-hydrogen) atoms. The highest BCUT2D eigenvalue weighted by atomic mass is 35.5. The van der Waals surface area contributed by atoms with Crippen LogP contribution in [-0.2, 0) is 11.3 Å². The highest BCUT2D eigenvalue weighted by molar-refractivity contribution is 6.30. The van der Waals surface area contributed by atoms with Crippen molar-refractivity contribution >= 4 is 23.6 Å². The van der Waals surface area contributed by atoms with Gasteiger partial charge in [-0.15, -0.1) is 0 Å². The lowest BCUT2D eigenvalue weighted by molar-refractivity contribution is -0.136. The van der Waals surface area contributed by atoms with Gasteiger partial charge in [0.15, 0.2) is 0 Å². The number of carbonyl (C=O) groups is 2. The molecule has 0 radical (unpaired) electrons. The van der Waals surface area contributed by atoms with E-state index < -0.39 is 17.8 Å². The van der Waals surface area contributed by atoms with E-state index >= 15 is 0 Å². The molecule has 1 aromatic rings. The van der Waals surface area contributed by atoms with E-state index in [0.29, 0.717) is 10.6 Å². The Morgan fingerprint density at radius 2 is 2.16 bits per heavy atom. The molecule has 0 saturated carbocycles. The summed E-state index contributed by atoms with van der Waals surface area (Å²) >= 11 is 5.75. The molecule has 0 spiro atoms. The number of carboxylic acid groups (broad SMARTS) is 1. The van der Waals surface area contributed by atoms with E-state index in [2.05, 4.69) is 5.32 Å². The quantitative estimate of drug-likeness (QED) is 0.872. The smallest absolute Gasteiger partial charge is 0.317 e. The molecule has 0 heterocycles. The lowest BCUT2D eigenvalue weighted by Crippen LogP contribution is -2.37. The minimum absolute atomic E-state index is 0.0243. The van der Waals surface area contributed by atoms with Crippen LogP contribution in [0, 0.1) is 5.82 Å². The van der Waals surface area contributed by atoms with Gasteiger partial charge in [-0.25, -0.2) is 9.18 Å². The summed E-state index contributed by atoms with van der Waals surface area (Å²) < 4.78 is 13.5. The van der Waals surface area contributed by atoms with Crippen LogP contribution in [0.5, 0.6) is 0 Å². The molecule has 1 aromatic carbocycles. The number of nitrogens with one attached hydrogen (secondary N) is 1. The molecule has 0 aromatic heterocycles. The van der Waals surface area contributed by atoms with Crippen LogP contribution in [0.1, 0.15) is 12.0 Å². The van der Waals surface area contributed by atoms with Gasteiger partial charge in [0.05, 0.1) is 6.42 Å². The summed E-state index contributed by atoms with van der Waals surface area (Å²) in [6.45, 7) is 0.0713. The van der Waals surface area contributed by atoms with Crippen molar-refractivity contribution in [2.45, 2.75) is 13.0 Å². The van der Waals surface area contributed by atoms with Crippen molar-refractivity contribution in [2.75, 3.05) is 13.6 Å². The molecule has 2 amide bonds. The Morgan fingerprint density at radius 1 is 1.47 bits per heavy atom. The van der Waals surface area contributed by atoms with Gasteiger partial charge >= 0.3 is 12.0 Å². The number of amides is 2. The third-order valence-corrected chi connectivity index (χ3v) is 2.61. The first-order valence-electron chi connectivity index (χ1n) is 5.55. The van der Waals surface area contributed by atoms with Crippen molar-refractivity contribution in [1.82, 2.24) is 10.2 Å². The zero-order chi connectivity index (χ0) is 14.4. The number of aliphatic carboxylic acids is 1. The van der Waals surface area contributed by atoms with Gasteiger partial charge in [-0.05, 0) is 18.2 Å².